The first-order chi connectivity index (χ1) is 9.47. The number of methoxy groups -OCH3 is 1. The zero-order valence-electron chi connectivity index (χ0n) is 12.0. The standard InChI is InChI=1S/C15H20FNO3/c1-4-17(11(2)10-20-3)14-8-12(5-6-15(18)19)7-13(16)9-14/h5-9,11H,4,10H2,1-3H3,(H,18,19)/b6-5+. The van der Waals surface area contributed by atoms with Crippen LogP contribution in [-0.2, 0) is 9.53 Å². The van der Waals surface area contributed by atoms with Crippen LogP contribution in [-0.4, -0.2) is 37.4 Å². The van der Waals surface area contributed by atoms with Crippen LogP contribution in [0.1, 0.15) is 19.4 Å². The minimum Gasteiger partial charge on any atom is -0.478 e. The molecule has 1 atom stereocenters. The van der Waals surface area contributed by atoms with Gasteiger partial charge in [0.25, 0.3) is 0 Å². The van der Waals surface area contributed by atoms with E-state index in [4.69, 9.17) is 9.84 Å². The molecule has 0 radical (unpaired) electrons. The van der Waals surface area contributed by atoms with Gasteiger partial charge in [-0.2, -0.15) is 0 Å². The van der Waals surface area contributed by atoms with E-state index in [1.807, 2.05) is 18.7 Å². The molecule has 0 aliphatic heterocycles. The van der Waals surface area contributed by atoms with Crippen molar-refractivity contribution in [1.82, 2.24) is 0 Å². The number of carboxylic acid groups (broad SMARTS) is 1. The zero-order chi connectivity index (χ0) is 15.1. The van der Waals surface area contributed by atoms with E-state index in [0.29, 0.717) is 24.4 Å². The van der Waals surface area contributed by atoms with Crippen LogP contribution < -0.4 is 4.90 Å². The van der Waals surface area contributed by atoms with Crippen molar-refractivity contribution in [3.63, 3.8) is 0 Å². The molecule has 110 valence electrons. The quantitative estimate of drug-likeness (QED) is 0.781. The Morgan fingerprint density at radius 1 is 1.50 bits per heavy atom. The minimum absolute atomic E-state index is 0.100. The summed E-state index contributed by atoms with van der Waals surface area (Å²) in [6.07, 6.45) is 2.37. The van der Waals surface area contributed by atoms with Crippen molar-refractivity contribution < 1.29 is 19.0 Å². The number of ether oxygens (including phenoxy) is 1. The van der Waals surface area contributed by atoms with E-state index in [1.54, 1.807) is 13.2 Å². The monoisotopic (exact) mass is 281 g/mol. The highest BCUT2D eigenvalue weighted by molar-refractivity contribution is 5.85. The van der Waals surface area contributed by atoms with Gasteiger partial charge >= 0.3 is 5.97 Å². The maximum Gasteiger partial charge on any atom is 0.328 e. The van der Waals surface area contributed by atoms with Crippen molar-refractivity contribution in [2.75, 3.05) is 25.2 Å². The zero-order valence-corrected chi connectivity index (χ0v) is 12.0. The molecule has 0 saturated carbocycles. The number of likely N-dealkylation sites (N-methyl/N-ethyl adjacent to an activating group) is 1. The molecule has 1 aromatic rings. The lowest BCUT2D eigenvalue weighted by molar-refractivity contribution is -0.131. The fourth-order valence-corrected chi connectivity index (χ4v) is 2.11. The number of hydrogen-bond donors (Lipinski definition) is 1. The van der Waals surface area contributed by atoms with E-state index >= 15 is 0 Å². The molecule has 1 N–H and O–H groups in total. The Morgan fingerprint density at radius 2 is 2.20 bits per heavy atom. The molecule has 0 amide bonds. The molecule has 0 spiro atoms. The Labute approximate surface area is 118 Å². The van der Waals surface area contributed by atoms with Crippen LogP contribution >= 0.6 is 0 Å². The lowest BCUT2D eigenvalue weighted by Gasteiger charge is -2.30. The lowest BCUT2D eigenvalue weighted by atomic mass is 10.1. The summed E-state index contributed by atoms with van der Waals surface area (Å²) in [5.41, 5.74) is 1.23. The molecule has 1 aromatic carbocycles. The molecule has 0 aliphatic rings. The van der Waals surface area contributed by atoms with Crippen molar-refractivity contribution in [2.45, 2.75) is 19.9 Å². The molecule has 1 rings (SSSR count). The second kappa shape index (κ2) is 7.65. The van der Waals surface area contributed by atoms with Crippen molar-refractivity contribution in [3.05, 3.63) is 35.7 Å². The fraction of sp³-hybridized carbons (Fsp3) is 0.400. The normalized spacial score (nSPS) is 12.6. The van der Waals surface area contributed by atoms with Crippen LogP contribution in [0.3, 0.4) is 0 Å². The number of nitrogens with zero attached hydrogens (tertiary/aromatic N) is 1. The summed E-state index contributed by atoms with van der Waals surface area (Å²) in [6.45, 7) is 5.20. The minimum atomic E-state index is -1.06. The van der Waals surface area contributed by atoms with Crippen LogP contribution in [0.5, 0.6) is 0 Å². The Kier molecular flexibility index (Phi) is 6.18. The number of benzene rings is 1. The molecule has 0 fully saturated rings. The second-order valence-electron chi connectivity index (χ2n) is 4.50. The molecular weight excluding hydrogens is 261 g/mol. The van der Waals surface area contributed by atoms with Gasteiger partial charge in [0.05, 0.1) is 6.61 Å². The van der Waals surface area contributed by atoms with E-state index in [2.05, 4.69) is 0 Å². The fourth-order valence-electron chi connectivity index (χ4n) is 2.11. The number of halogens is 1. The topological polar surface area (TPSA) is 49.8 Å². The Morgan fingerprint density at radius 3 is 2.75 bits per heavy atom. The Hall–Kier alpha value is -1.88. The van der Waals surface area contributed by atoms with Gasteiger partial charge < -0.3 is 14.7 Å². The second-order valence-corrected chi connectivity index (χ2v) is 4.50. The third-order valence-electron chi connectivity index (χ3n) is 2.94. The number of anilines is 1. The van der Waals surface area contributed by atoms with Gasteiger partial charge in [-0.15, -0.1) is 0 Å². The maximum atomic E-state index is 13.7. The van der Waals surface area contributed by atoms with E-state index in [0.717, 1.165) is 6.08 Å². The van der Waals surface area contributed by atoms with Gasteiger partial charge in [-0.1, -0.05) is 0 Å². The summed E-state index contributed by atoms with van der Waals surface area (Å²) in [5.74, 6) is -1.45. The molecule has 0 aromatic heterocycles. The SMILES string of the molecule is CCN(c1cc(F)cc(/C=C/C(=O)O)c1)C(C)COC. The molecular formula is C15H20FNO3. The summed E-state index contributed by atoms with van der Waals surface area (Å²) in [5, 5.41) is 8.62. The smallest absolute Gasteiger partial charge is 0.328 e. The van der Waals surface area contributed by atoms with E-state index in [-0.39, 0.29) is 6.04 Å². The highest BCUT2D eigenvalue weighted by Gasteiger charge is 2.14. The van der Waals surface area contributed by atoms with Crippen molar-refractivity contribution >= 4 is 17.7 Å². The Balaban J connectivity index is 3.07. The molecule has 0 heterocycles. The molecule has 4 nitrogen and oxygen atoms in total. The first kappa shape index (κ1) is 16.2. The highest BCUT2D eigenvalue weighted by atomic mass is 19.1. The number of hydrogen-bond acceptors (Lipinski definition) is 3. The number of aliphatic carboxylic acids is 1. The molecule has 0 bridgehead atoms. The third kappa shape index (κ3) is 4.66. The number of carbonyl (C=O) groups is 1. The maximum absolute atomic E-state index is 13.7. The average molecular weight is 281 g/mol. The van der Waals surface area contributed by atoms with Crippen LogP contribution in [0.4, 0.5) is 10.1 Å². The van der Waals surface area contributed by atoms with Crippen LogP contribution in [0.15, 0.2) is 24.3 Å². The summed E-state index contributed by atoms with van der Waals surface area (Å²) in [4.78, 5) is 12.5. The molecule has 1 unspecified atom stereocenters. The van der Waals surface area contributed by atoms with Gasteiger partial charge in [0.1, 0.15) is 5.82 Å². The first-order valence-electron chi connectivity index (χ1n) is 6.45. The average Bonchev–Trinajstić information content (AvgIpc) is 2.37. The van der Waals surface area contributed by atoms with Crippen LogP contribution in [0, 0.1) is 5.82 Å². The van der Waals surface area contributed by atoms with Crippen molar-refractivity contribution in [1.29, 1.82) is 0 Å². The van der Waals surface area contributed by atoms with Crippen LogP contribution in [0.2, 0.25) is 0 Å². The summed E-state index contributed by atoms with van der Waals surface area (Å²) < 4.78 is 18.8. The van der Waals surface area contributed by atoms with Crippen molar-refractivity contribution in [3.8, 4) is 0 Å². The first-order valence-corrected chi connectivity index (χ1v) is 6.45. The van der Waals surface area contributed by atoms with Gasteiger partial charge in [0.2, 0.25) is 0 Å². The summed E-state index contributed by atoms with van der Waals surface area (Å²) in [7, 11) is 1.62. The van der Waals surface area contributed by atoms with Crippen LogP contribution in [0.25, 0.3) is 6.08 Å². The largest absolute Gasteiger partial charge is 0.478 e. The lowest BCUT2D eigenvalue weighted by Crippen LogP contribution is -2.36. The third-order valence-corrected chi connectivity index (χ3v) is 2.94. The Bertz CT molecular complexity index is 488. The summed E-state index contributed by atoms with van der Waals surface area (Å²) in [6, 6.07) is 4.60. The van der Waals surface area contributed by atoms with E-state index in [1.165, 1.54) is 18.2 Å². The van der Waals surface area contributed by atoms with Gasteiger partial charge in [0.15, 0.2) is 0 Å². The van der Waals surface area contributed by atoms with E-state index < -0.39 is 11.8 Å². The predicted octanol–water partition coefficient (Wildman–Crippen LogP) is 2.78. The molecule has 20 heavy (non-hydrogen) atoms. The predicted molar refractivity (Wildman–Crippen MR) is 77.4 cm³/mol. The molecule has 5 heteroatoms. The number of rotatable bonds is 7. The van der Waals surface area contributed by atoms with E-state index in [9.17, 15) is 9.18 Å². The molecule has 0 saturated heterocycles. The van der Waals surface area contributed by atoms with Gasteiger partial charge in [0, 0.05) is 31.5 Å². The summed E-state index contributed by atoms with van der Waals surface area (Å²) >= 11 is 0. The van der Waals surface area contributed by atoms with Gasteiger partial charge in [-0.3, -0.25) is 0 Å². The van der Waals surface area contributed by atoms with Gasteiger partial charge in [-0.05, 0) is 43.7 Å². The van der Waals surface area contributed by atoms with Gasteiger partial charge in [-0.25, -0.2) is 9.18 Å². The number of carboxylic acids is 1. The molecule has 0 aliphatic carbocycles. The van der Waals surface area contributed by atoms with Crippen molar-refractivity contribution in [2.24, 2.45) is 0 Å². The highest BCUT2D eigenvalue weighted by Crippen LogP contribution is 2.21.